The Labute approximate surface area is 151 Å². The lowest BCUT2D eigenvalue weighted by Gasteiger charge is -2.12. The zero-order valence-corrected chi connectivity index (χ0v) is 13.9. The van der Waals surface area contributed by atoms with Gasteiger partial charge in [-0.05, 0) is 28.8 Å². The van der Waals surface area contributed by atoms with Crippen molar-refractivity contribution in [1.82, 2.24) is 5.48 Å². The molecule has 0 saturated carbocycles. The first kappa shape index (κ1) is 17.5. The van der Waals surface area contributed by atoms with Gasteiger partial charge in [-0.1, -0.05) is 66.7 Å². The Morgan fingerprint density at radius 2 is 1.31 bits per heavy atom. The number of hydroxylamine groups is 1. The summed E-state index contributed by atoms with van der Waals surface area (Å²) in [5, 5.41) is 8.63. The third-order valence-corrected chi connectivity index (χ3v) is 4.19. The van der Waals surface area contributed by atoms with Gasteiger partial charge in [0.2, 0.25) is 0 Å². The first-order valence-corrected chi connectivity index (χ1v) is 8.10. The lowest BCUT2D eigenvalue weighted by Crippen LogP contribution is -2.22. The maximum Gasteiger partial charge on any atom is 0.274 e. The molecule has 3 rings (SSSR count). The number of ketones is 1. The van der Waals surface area contributed by atoms with E-state index in [9.17, 15) is 9.59 Å². The van der Waals surface area contributed by atoms with Crippen LogP contribution >= 0.6 is 0 Å². The van der Waals surface area contributed by atoms with Crippen molar-refractivity contribution < 1.29 is 14.8 Å². The monoisotopic (exact) mass is 346 g/mol. The number of amides is 1. The van der Waals surface area contributed by atoms with Gasteiger partial charge < -0.3 is 5.73 Å². The molecule has 4 N–H and O–H groups in total. The molecule has 1 unspecified atom stereocenters. The number of nitrogens with one attached hydrogen (secondary N) is 1. The van der Waals surface area contributed by atoms with Gasteiger partial charge in [-0.3, -0.25) is 14.8 Å². The lowest BCUT2D eigenvalue weighted by atomic mass is 9.95. The van der Waals surface area contributed by atoms with Crippen LogP contribution in [-0.2, 0) is 0 Å². The van der Waals surface area contributed by atoms with E-state index in [1.807, 2.05) is 42.5 Å². The Kier molecular flexibility index (Phi) is 5.22. The highest BCUT2D eigenvalue weighted by atomic mass is 16.5. The van der Waals surface area contributed by atoms with E-state index in [1.165, 1.54) is 12.1 Å². The molecule has 130 valence electrons. The van der Waals surface area contributed by atoms with Crippen molar-refractivity contribution in [2.24, 2.45) is 5.73 Å². The number of rotatable bonds is 5. The molecule has 0 aliphatic carbocycles. The van der Waals surface area contributed by atoms with E-state index < -0.39 is 11.9 Å². The number of hydrogen-bond donors (Lipinski definition) is 3. The highest BCUT2D eigenvalue weighted by Crippen LogP contribution is 2.22. The summed E-state index contributed by atoms with van der Waals surface area (Å²) < 4.78 is 0. The quantitative estimate of drug-likeness (QED) is 0.375. The molecule has 3 aromatic rings. The number of hydrogen-bond acceptors (Lipinski definition) is 4. The first-order chi connectivity index (χ1) is 12.6. The Balaban J connectivity index is 1.77. The van der Waals surface area contributed by atoms with E-state index in [-0.39, 0.29) is 11.3 Å². The summed E-state index contributed by atoms with van der Waals surface area (Å²) in [4.78, 5) is 24.0. The topological polar surface area (TPSA) is 92.4 Å². The predicted molar refractivity (Wildman–Crippen MR) is 98.8 cm³/mol. The van der Waals surface area contributed by atoms with Crippen molar-refractivity contribution >= 4 is 11.7 Å². The lowest BCUT2D eigenvalue weighted by molar-refractivity contribution is 0.0706. The molecule has 5 nitrogen and oxygen atoms in total. The molecule has 0 radical (unpaired) electrons. The van der Waals surface area contributed by atoms with Crippen LogP contribution in [0.2, 0.25) is 0 Å². The second-order valence-electron chi connectivity index (χ2n) is 5.85. The van der Waals surface area contributed by atoms with Crippen LogP contribution < -0.4 is 11.2 Å². The second-order valence-corrected chi connectivity index (χ2v) is 5.85. The van der Waals surface area contributed by atoms with Gasteiger partial charge in [-0.15, -0.1) is 0 Å². The Hall–Kier alpha value is -3.28. The summed E-state index contributed by atoms with van der Waals surface area (Å²) >= 11 is 0. The molecular formula is C21H18N2O3. The van der Waals surface area contributed by atoms with Crippen molar-refractivity contribution in [2.75, 3.05) is 0 Å². The fourth-order valence-corrected chi connectivity index (χ4v) is 2.69. The SMILES string of the molecule is NC(C(=O)c1ccc(-c2ccccc2)cc1)c1ccc(C(=O)NO)cc1. The van der Waals surface area contributed by atoms with Crippen LogP contribution in [0.15, 0.2) is 78.9 Å². The molecule has 1 atom stereocenters. The zero-order chi connectivity index (χ0) is 18.5. The summed E-state index contributed by atoms with van der Waals surface area (Å²) in [5.41, 5.74) is 11.1. The molecular weight excluding hydrogens is 328 g/mol. The van der Waals surface area contributed by atoms with Crippen LogP contribution in [-0.4, -0.2) is 16.9 Å². The highest BCUT2D eigenvalue weighted by molar-refractivity contribution is 6.01. The maximum atomic E-state index is 12.6. The van der Waals surface area contributed by atoms with Crippen molar-refractivity contribution in [3.05, 3.63) is 95.6 Å². The molecule has 0 bridgehead atoms. The molecule has 0 fully saturated rings. The van der Waals surface area contributed by atoms with Gasteiger partial charge in [0.05, 0.1) is 6.04 Å². The minimum Gasteiger partial charge on any atom is -0.318 e. The number of carbonyl (C=O) groups is 2. The Morgan fingerprint density at radius 3 is 1.88 bits per heavy atom. The zero-order valence-electron chi connectivity index (χ0n) is 13.9. The van der Waals surface area contributed by atoms with E-state index >= 15 is 0 Å². The normalized spacial score (nSPS) is 11.6. The smallest absolute Gasteiger partial charge is 0.274 e. The van der Waals surface area contributed by atoms with Crippen LogP contribution in [0.25, 0.3) is 11.1 Å². The molecule has 3 aromatic carbocycles. The van der Waals surface area contributed by atoms with E-state index in [2.05, 4.69) is 0 Å². The van der Waals surface area contributed by atoms with E-state index in [4.69, 9.17) is 10.9 Å². The van der Waals surface area contributed by atoms with Crippen LogP contribution in [0.4, 0.5) is 0 Å². The van der Waals surface area contributed by atoms with Crippen molar-refractivity contribution in [3.63, 3.8) is 0 Å². The summed E-state index contributed by atoms with van der Waals surface area (Å²) in [5.74, 6) is -0.822. The fraction of sp³-hybridized carbons (Fsp3) is 0.0476. The first-order valence-electron chi connectivity index (χ1n) is 8.10. The molecule has 26 heavy (non-hydrogen) atoms. The molecule has 0 aliphatic heterocycles. The number of nitrogens with two attached hydrogens (primary N) is 1. The van der Waals surface area contributed by atoms with Gasteiger partial charge >= 0.3 is 0 Å². The fourth-order valence-electron chi connectivity index (χ4n) is 2.69. The second kappa shape index (κ2) is 7.74. The van der Waals surface area contributed by atoms with Gasteiger partial charge in [-0.25, -0.2) is 5.48 Å². The number of Topliss-reactive ketones (excluding diaryl/α,β-unsaturated/α-hetero) is 1. The molecule has 0 aliphatic rings. The summed E-state index contributed by atoms with van der Waals surface area (Å²) in [7, 11) is 0. The minimum absolute atomic E-state index is 0.205. The third-order valence-electron chi connectivity index (χ3n) is 4.19. The molecule has 1 amide bonds. The standard InChI is InChI=1S/C21H18N2O3/c22-19(16-8-12-18(13-9-16)21(25)23-26)20(24)17-10-6-15(7-11-17)14-4-2-1-3-5-14/h1-13,19,26H,22H2,(H,23,25). The van der Waals surface area contributed by atoms with E-state index in [1.54, 1.807) is 29.7 Å². The summed E-state index contributed by atoms with van der Waals surface area (Å²) in [6, 6.07) is 22.6. The molecule has 5 heteroatoms. The van der Waals surface area contributed by atoms with Crippen molar-refractivity contribution in [1.29, 1.82) is 0 Å². The largest absolute Gasteiger partial charge is 0.318 e. The molecule has 0 heterocycles. The van der Waals surface area contributed by atoms with Gasteiger partial charge in [-0.2, -0.15) is 0 Å². The molecule has 0 spiro atoms. The Bertz CT molecular complexity index is 904. The third kappa shape index (κ3) is 3.69. The predicted octanol–water partition coefficient (Wildman–Crippen LogP) is 3.36. The molecule has 0 aromatic heterocycles. The van der Waals surface area contributed by atoms with Crippen molar-refractivity contribution in [2.45, 2.75) is 6.04 Å². The van der Waals surface area contributed by atoms with Gasteiger partial charge in [0, 0.05) is 11.1 Å². The van der Waals surface area contributed by atoms with E-state index in [0.29, 0.717) is 11.1 Å². The number of benzene rings is 3. The highest BCUT2D eigenvalue weighted by Gasteiger charge is 2.18. The van der Waals surface area contributed by atoms with Crippen LogP contribution in [0.5, 0.6) is 0 Å². The minimum atomic E-state index is -0.830. The van der Waals surface area contributed by atoms with Gasteiger partial charge in [0.1, 0.15) is 0 Å². The van der Waals surface area contributed by atoms with Gasteiger partial charge in [0.25, 0.3) is 5.91 Å². The van der Waals surface area contributed by atoms with Crippen LogP contribution in [0.3, 0.4) is 0 Å². The number of carbonyl (C=O) groups excluding carboxylic acids is 2. The Morgan fingerprint density at radius 1 is 0.769 bits per heavy atom. The summed E-state index contributed by atoms with van der Waals surface area (Å²) in [6.45, 7) is 0. The van der Waals surface area contributed by atoms with Crippen LogP contribution in [0.1, 0.15) is 32.3 Å². The van der Waals surface area contributed by atoms with Gasteiger partial charge in [0.15, 0.2) is 5.78 Å². The average Bonchev–Trinajstić information content (AvgIpc) is 2.73. The van der Waals surface area contributed by atoms with Crippen molar-refractivity contribution in [3.8, 4) is 11.1 Å². The van der Waals surface area contributed by atoms with E-state index in [0.717, 1.165) is 11.1 Å². The van der Waals surface area contributed by atoms with Crippen LogP contribution in [0, 0.1) is 0 Å². The maximum absolute atomic E-state index is 12.6. The summed E-state index contributed by atoms with van der Waals surface area (Å²) in [6.07, 6.45) is 0. The molecule has 0 saturated heterocycles. The average molecular weight is 346 g/mol.